The van der Waals surface area contributed by atoms with Gasteiger partial charge in [0.15, 0.2) is 11.5 Å². The number of ether oxygens (including phenoxy) is 5. The van der Waals surface area contributed by atoms with Crippen LogP contribution in [0.3, 0.4) is 0 Å². The van der Waals surface area contributed by atoms with Crippen LogP contribution in [-0.2, 0) is 23.8 Å². The predicted molar refractivity (Wildman–Crippen MR) is 147 cm³/mol. The summed E-state index contributed by atoms with van der Waals surface area (Å²) in [6.45, 7) is 16.6. The maximum Gasteiger partial charge on any atom is 0.513 e. The third-order valence-electron chi connectivity index (χ3n) is 5.77. The normalized spacial score (nSPS) is 14.8. The van der Waals surface area contributed by atoms with Gasteiger partial charge in [-0.3, -0.25) is 9.59 Å². The van der Waals surface area contributed by atoms with Gasteiger partial charge < -0.3 is 34.5 Å². The Kier molecular flexibility index (Phi) is 12.9. The van der Waals surface area contributed by atoms with Crippen LogP contribution in [0.15, 0.2) is 18.2 Å². The fraction of sp³-hybridized carbons (Fsp3) is 0.655. The monoisotopic (exact) mass is 567 g/mol. The predicted octanol–water partition coefficient (Wildman–Crippen LogP) is 5.53. The van der Waals surface area contributed by atoms with Gasteiger partial charge in [0, 0.05) is 5.92 Å². The zero-order valence-electron chi connectivity index (χ0n) is 25.1. The van der Waals surface area contributed by atoms with Crippen LogP contribution in [0.5, 0.6) is 11.5 Å². The number of carboxylic acids is 1. The minimum absolute atomic E-state index is 0.0560. The van der Waals surface area contributed by atoms with E-state index in [9.17, 15) is 24.3 Å². The largest absolute Gasteiger partial charge is 0.513 e. The van der Waals surface area contributed by atoms with Crippen LogP contribution in [0, 0.1) is 22.7 Å². The van der Waals surface area contributed by atoms with E-state index >= 15 is 0 Å². The van der Waals surface area contributed by atoms with Gasteiger partial charge in [-0.25, -0.2) is 9.59 Å². The number of benzene rings is 1. The minimum atomic E-state index is -1.39. The number of hydrogen-bond acceptors (Lipinski definition) is 10. The third kappa shape index (κ3) is 12.2. The summed E-state index contributed by atoms with van der Waals surface area (Å²) in [6.07, 6.45) is -1.47. The maximum absolute atomic E-state index is 12.5. The van der Waals surface area contributed by atoms with Crippen molar-refractivity contribution in [1.29, 1.82) is 0 Å². The zero-order valence-corrected chi connectivity index (χ0v) is 25.1. The Hall–Kier alpha value is -3.34. The fourth-order valence-corrected chi connectivity index (χ4v) is 3.36. The van der Waals surface area contributed by atoms with Crippen LogP contribution < -0.4 is 15.2 Å². The molecule has 0 aromatic heterocycles. The first-order valence-corrected chi connectivity index (χ1v) is 13.3. The molecule has 0 spiro atoms. The molecule has 0 bridgehead atoms. The smallest absolute Gasteiger partial charge is 0.480 e. The van der Waals surface area contributed by atoms with Crippen molar-refractivity contribution in [1.82, 2.24) is 0 Å². The van der Waals surface area contributed by atoms with Gasteiger partial charge in [0.2, 0.25) is 0 Å². The summed E-state index contributed by atoms with van der Waals surface area (Å²) in [5.41, 5.74) is 5.76. The van der Waals surface area contributed by atoms with Crippen molar-refractivity contribution in [3.05, 3.63) is 23.8 Å². The Morgan fingerprint density at radius 2 is 1.35 bits per heavy atom. The molecule has 3 unspecified atom stereocenters. The Morgan fingerprint density at radius 3 is 1.80 bits per heavy atom. The Bertz CT molecular complexity index is 1020. The van der Waals surface area contributed by atoms with Crippen molar-refractivity contribution < 1.29 is 48.0 Å². The first kappa shape index (κ1) is 34.7. The Morgan fingerprint density at radius 1 is 0.850 bits per heavy atom. The first-order chi connectivity index (χ1) is 18.3. The first-order valence-electron chi connectivity index (χ1n) is 13.3. The molecule has 0 saturated carbocycles. The summed E-state index contributed by atoms with van der Waals surface area (Å²) in [5, 5.41) is 9.70. The summed E-state index contributed by atoms with van der Waals surface area (Å²) >= 11 is 0. The van der Waals surface area contributed by atoms with Gasteiger partial charge in [-0.2, -0.15) is 0 Å². The standard InChI is InChI=1S/C29H45NO10/c1-10-17(2)25(33)36-14-18(3)22(23(30)24(31)32)19-11-12-20(39-26(34)37-15-28(4,5)6)21(13-19)40-27(35)38-16-29(7,8)9/h11-13,17-18,22-23H,10,14-16,30H2,1-9H3,(H,31,32)/t17?,18?,22?,23-/m0/s1. The second-order valence-electron chi connectivity index (χ2n) is 12.4. The highest BCUT2D eigenvalue weighted by molar-refractivity contribution is 5.75. The van der Waals surface area contributed by atoms with Crippen molar-refractivity contribution in [2.75, 3.05) is 19.8 Å². The van der Waals surface area contributed by atoms with Crippen molar-refractivity contribution >= 4 is 24.2 Å². The molecule has 3 N–H and O–H groups in total. The number of carbonyl (C=O) groups excluding carboxylic acids is 3. The van der Waals surface area contributed by atoms with Gasteiger partial charge in [-0.1, -0.05) is 68.4 Å². The topological polar surface area (TPSA) is 161 Å². The number of hydrogen-bond donors (Lipinski definition) is 2. The van der Waals surface area contributed by atoms with E-state index in [0.717, 1.165) is 0 Å². The second-order valence-corrected chi connectivity index (χ2v) is 12.4. The molecular formula is C29H45NO10. The van der Waals surface area contributed by atoms with Gasteiger partial charge >= 0.3 is 24.2 Å². The lowest BCUT2D eigenvalue weighted by atomic mass is 9.82. The number of nitrogens with two attached hydrogens (primary N) is 1. The average Bonchev–Trinajstić information content (AvgIpc) is 2.84. The molecule has 0 radical (unpaired) electrons. The lowest BCUT2D eigenvalue weighted by Crippen LogP contribution is -2.40. The molecule has 40 heavy (non-hydrogen) atoms. The highest BCUT2D eigenvalue weighted by Crippen LogP contribution is 2.36. The summed E-state index contributed by atoms with van der Waals surface area (Å²) < 4.78 is 26.4. The molecule has 11 heteroatoms. The van der Waals surface area contributed by atoms with Gasteiger partial charge in [0.1, 0.15) is 6.04 Å². The number of esters is 1. The van der Waals surface area contributed by atoms with E-state index in [1.165, 1.54) is 18.2 Å². The molecule has 0 aliphatic rings. The molecule has 0 amide bonds. The van der Waals surface area contributed by atoms with Crippen LogP contribution in [0.4, 0.5) is 9.59 Å². The lowest BCUT2D eigenvalue weighted by molar-refractivity contribution is -0.149. The number of rotatable bonds is 12. The quantitative estimate of drug-likeness (QED) is 0.186. The molecular weight excluding hydrogens is 522 g/mol. The van der Waals surface area contributed by atoms with E-state index in [1.807, 2.05) is 48.5 Å². The summed E-state index contributed by atoms with van der Waals surface area (Å²) in [4.78, 5) is 48.9. The molecule has 0 aliphatic carbocycles. The summed E-state index contributed by atoms with van der Waals surface area (Å²) in [5.74, 6) is -3.74. The maximum atomic E-state index is 12.5. The molecule has 4 atom stereocenters. The molecule has 1 aromatic rings. The van der Waals surface area contributed by atoms with E-state index in [-0.39, 0.29) is 48.1 Å². The fourth-order valence-electron chi connectivity index (χ4n) is 3.36. The van der Waals surface area contributed by atoms with Crippen LogP contribution in [0.25, 0.3) is 0 Å². The van der Waals surface area contributed by atoms with E-state index in [1.54, 1.807) is 13.8 Å². The van der Waals surface area contributed by atoms with Crippen LogP contribution in [-0.4, -0.2) is 55.2 Å². The number of carbonyl (C=O) groups is 4. The van der Waals surface area contributed by atoms with Crippen molar-refractivity contribution in [2.24, 2.45) is 28.4 Å². The van der Waals surface area contributed by atoms with Crippen molar-refractivity contribution in [3.63, 3.8) is 0 Å². The molecule has 0 heterocycles. The van der Waals surface area contributed by atoms with E-state index in [0.29, 0.717) is 12.0 Å². The van der Waals surface area contributed by atoms with Gasteiger partial charge in [-0.05, 0) is 40.9 Å². The zero-order chi connectivity index (χ0) is 30.8. The average molecular weight is 568 g/mol. The Labute approximate surface area is 236 Å². The van der Waals surface area contributed by atoms with E-state index in [4.69, 9.17) is 29.4 Å². The highest BCUT2D eigenvalue weighted by Gasteiger charge is 2.33. The second kappa shape index (κ2) is 14.9. The number of carboxylic acid groups (broad SMARTS) is 1. The van der Waals surface area contributed by atoms with Crippen molar-refractivity contribution in [2.45, 2.75) is 80.7 Å². The third-order valence-corrected chi connectivity index (χ3v) is 5.77. The van der Waals surface area contributed by atoms with Gasteiger partial charge in [-0.15, -0.1) is 0 Å². The van der Waals surface area contributed by atoms with E-state index in [2.05, 4.69) is 0 Å². The molecule has 11 nitrogen and oxygen atoms in total. The van der Waals surface area contributed by atoms with Gasteiger partial charge in [0.05, 0.1) is 25.7 Å². The molecule has 0 fully saturated rings. The molecule has 0 aliphatic heterocycles. The summed E-state index contributed by atoms with van der Waals surface area (Å²) in [7, 11) is 0. The van der Waals surface area contributed by atoms with Crippen LogP contribution >= 0.6 is 0 Å². The lowest BCUT2D eigenvalue weighted by Gasteiger charge is -2.28. The van der Waals surface area contributed by atoms with Crippen LogP contribution in [0.1, 0.15) is 80.2 Å². The molecule has 0 saturated heterocycles. The Balaban J connectivity index is 3.37. The minimum Gasteiger partial charge on any atom is -0.480 e. The SMILES string of the molecule is CCC(C)C(=O)OCC(C)C(c1ccc(OC(=O)OCC(C)(C)C)c(OC(=O)OCC(C)(C)C)c1)[C@H](N)C(=O)O. The van der Waals surface area contributed by atoms with Crippen molar-refractivity contribution in [3.8, 4) is 11.5 Å². The highest BCUT2D eigenvalue weighted by atomic mass is 16.7. The van der Waals surface area contributed by atoms with Crippen LogP contribution in [0.2, 0.25) is 0 Å². The molecule has 1 rings (SSSR count). The molecule has 226 valence electrons. The summed E-state index contributed by atoms with van der Waals surface area (Å²) in [6, 6.07) is 2.81. The van der Waals surface area contributed by atoms with Gasteiger partial charge in [0.25, 0.3) is 0 Å². The number of aliphatic carboxylic acids is 1. The molecule has 1 aromatic carbocycles. The van der Waals surface area contributed by atoms with E-state index < -0.39 is 42.1 Å².